The van der Waals surface area contributed by atoms with E-state index in [1.807, 2.05) is 13.8 Å². The zero-order chi connectivity index (χ0) is 14.9. The van der Waals surface area contributed by atoms with Crippen LogP contribution in [0.25, 0.3) is 0 Å². The molecule has 2 atom stereocenters. The molecule has 0 bridgehead atoms. The molecule has 2 unspecified atom stereocenters. The van der Waals surface area contributed by atoms with Crippen LogP contribution < -0.4 is 10.6 Å². The molecule has 0 rings (SSSR count). The third-order valence-electron chi connectivity index (χ3n) is 2.47. The molecule has 0 radical (unpaired) electrons. The number of carbonyl (C=O) groups is 1. The van der Waals surface area contributed by atoms with Crippen molar-refractivity contribution < 1.29 is 22.7 Å². The van der Waals surface area contributed by atoms with E-state index in [1.165, 1.54) is 0 Å². The SMILES string of the molecule is CCCC(C)NC(=O)C(C)NCCOCC(F)(F)F. The molecule has 0 aliphatic rings. The lowest BCUT2D eigenvalue weighted by Crippen LogP contribution is -2.46. The van der Waals surface area contributed by atoms with Gasteiger partial charge >= 0.3 is 6.18 Å². The highest BCUT2D eigenvalue weighted by Crippen LogP contribution is 2.13. The van der Waals surface area contributed by atoms with E-state index >= 15 is 0 Å². The van der Waals surface area contributed by atoms with Crippen molar-refractivity contribution in [2.45, 2.75) is 51.9 Å². The standard InChI is InChI=1S/C12H23F3N2O2/c1-4-5-9(2)17-11(18)10(3)16-6-7-19-8-12(13,14)15/h9-10,16H,4-8H2,1-3H3,(H,17,18). The molecule has 0 aliphatic heterocycles. The number of amides is 1. The van der Waals surface area contributed by atoms with Crippen LogP contribution in [0.2, 0.25) is 0 Å². The van der Waals surface area contributed by atoms with Crippen LogP contribution in [-0.2, 0) is 9.53 Å². The monoisotopic (exact) mass is 284 g/mol. The molecule has 0 fully saturated rings. The molecule has 0 aromatic carbocycles. The first kappa shape index (κ1) is 18.2. The Balaban J connectivity index is 3.68. The van der Waals surface area contributed by atoms with Gasteiger partial charge in [0.1, 0.15) is 6.61 Å². The van der Waals surface area contributed by atoms with Crippen LogP contribution in [0, 0.1) is 0 Å². The summed E-state index contributed by atoms with van der Waals surface area (Å²) in [5.41, 5.74) is 0. The molecular weight excluding hydrogens is 261 g/mol. The van der Waals surface area contributed by atoms with Gasteiger partial charge in [0, 0.05) is 12.6 Å². The summed E-state index contributed by atoms with van der Waals surface area (Å²) in [6, 6.07) is -0.350. The molecule has 0 saturated heterocycles. The molecule has 2 N–H and O–H groups in total. The van der Waals surface area contributed by atoms with E-state index in [-0.39, 0.29) is 25.1 Å². The summed E-state index contributed by atoms with van der Waals surface area (Å²) < 4.78 is 39.8. The van der Waals surface area contributed by atoms with Crippen molar-refractivity contribution in [2.24, 2.45) is 0 Å². The Labute approximate surface area is 112 Å². The number of hydrogen-bond acceptors (Lipinski definition) is 3. The van der Waals surface area contributed by atoms with Gasteiger partial charge in [0.2, 0.25) is 5.91 Å². The lowest BCUT2D eigenvalue weighted by atomic mass is 10.2. The van der Waals surface area contributed by atoms with Crippen molar-refractivity contribution in [1.82, 2.24) is 10.6 Å². The lowest BCUT2D eigenvalue weighted by molar-refractivity contribution is -0.173. The number of carbonyl (C=O) groups excluding carboxylic acids is 1. The third-order valence-corrected chi connectivity index (χ3v) is 2.47. The first-order valence-corrected chi connectivity index (χ1v) is 6.44. The van der Waals surface area contributed by atoms with Gasteiger partial charge in [-0.3, -0.25) is 4.79 Å². The Bertz CT molecular complexity index is 260. The first-order valence-electron chi connectivity index (χ1n) is 6.44. The van der Waals surface area contributed by atoms with Gasteiger partial charge in [-0.25, -0.2) is 0 Å². The van der Waals surface area contributed by atoms with Gasteiger partial charge in [0.15, 0.2) is 0 Å². The Hall–Kier alpha value is -0.820. The van der Waals surface area contributed by atoms with E-state index in [4.69, 9.17) is 0 Å². The molecule has 0 spiro atoms. The Morgan fingerprint density at radius 2 is 1.95 bits per heavy atom. The maximum absolute atomic E-state index is 11.8. The fraction of sp³-hybridized carbons (Fsp3) is 0.917. The van der Waals surface area contributed by atoms with Crippen LogP contribution in [0.1, 0.15) is 33.6 Å². The Morgan fingerprint density at radius 1 is 1.32 bits per heavy atom. The summed E-state index contributed by atoms with van der Waals surface area (Å²) >= 11 is 0. The number of ether oxygens (including phenoxy) is 1. The molecular formula is C12H23F3N2O2. The van der Waals surface area contributed by atoms with Gasteiger partial charge in [0.05, 0.1) is 12.6 Å². The smallest absolute Gasteiger partial charge is 0.371 e. The predicted molar refractivity (Wildman–Crippen MR) is 66.9 cm³/mol. The average molecular weight is 284 g/mol. The maximum Gasteiger partial charge on any atom is 0.411 e. The van der Waals surface area contributed by atoms with Crippen LogP contribution in [0.5, 0.6) is 0 Å². The van der Waals surface area contributed by atoms with Gasteiger partial charge < -0.3 is 15.4 Å². The quantitative estimate of drug-likeness (QED) is 0.635. The van der Waals surface area contributed by atoms with Crippen LogP contribution in [0.15, 0.2) is 0 Å². The summed E-state index contributed by atoms with van der Waals surface area (Å²) in [5, 5.41) is 5.64. The second-order valence-corrected chi connectivity index (χ2v) is 4.54. The molecule has 0 aliphatic carbocycles. The number of nitrogens with one attached hydrogen (secondary N) is 2. The Morgan fingerprint density at radius 3 is 2.47 bits per heavy atom. The number of halogens is 3. The molecule has 114 valence electrons. The summed E-state index contributed by atoms with van der Waals surface area (Å²) in [7, 11) is 0. The second kappa shape index (κ2) is 9.14. The summed E-state index contributed by atoms with van der Waals surface area (Å²) in [4.78, 5) is 11.7. The minimum Gasteiger partial charge on any atom is -0.371 e. The topological polar surface area (TPSA) is 50.4 Å². The van der Waals surface area contributed by atoms with Crippen molar-refractivity contribution in [1.29, 1.82) is 0 Å². The molecule has 1 amide bonds. The first-order chi connectivity index (χ1) is 8.76. The minimum atomic E-state index is -4.31. The maximum atomic E-state index is 11.8. The molecule has 4 nitrogen and oxygen atoms in total. The molecule has 0 aromatic heterocycles. The van der Waals surface area contributed by atoms with Crippen molar-refractivity contribution in [2.75, 3.05) is 19.8 Å². The van der Waals surface area contributed by atoms with Crippen LogP contribution >= 0.6 is 0 Å². The summed E-state index contributed by atoms with van der Waals surface area (Å²) in [6.07, 6.45) is -2.43. The summed E-state index contributed by atoms with van der Waals surface area (Å²) in [5.74, 6) is -0.156. The highest BCUT2D eigenvalue weighted by Gasteiger charge is 2.27. The number of hydrogen-bond donors (Lipinski definition) is 2. The van der Waals surface area contributed by atoms with Crippen molar-refractivity contribution in [3.8, 4) is 0 Å². The van der Waals surface area contributed by atoms with Gasteiger partial charge in [-0.15, -0.1) is 0 Å². The van der Waals surface area contributed by atoms with Gasteiger partial charge in [0.25, 0.3) is 0 Å². The fourth-order valence-electron chi connectivity index (χ4n) is 1.50. The van der Waals surface area contributed by atoms with E-state index in [0.717, 1.165) is 12.8 Å². The van der Waals surface area contributed by atoms with E-state index < -0.39 is 18.8 Å². The van der Waals surface area contributed by atoms with Crippen molar-refractivity contribution in [3.63, 3.8) is 0 Å². The Kier molecular flexibility index (Phi) is 8.75. The number of alkyl halides is 3. The van der Waals surface area contributed by atoms with Crippen molar-refractivity contribution in [3.05, 3.63) is 0 Å². The van der Waals surface area contributed by atoms with Gasteiger partial charge in [-0.1, -0.05) is 13.3 Å². The molecule has 19 heavy (non-hydrogen) atoms. The average Bonchev–Trinajstić information content (AvgIpc) is 2.26. The lowest BCUT2D eigenvalue weighted by Gasteiger charge is -2.18. The van der Waals surface area contributed by atoms with Crippen LogP contribution in [-0.4, -0.2) is 43.9 Å². The van der Waals surface area contributed by atoms with E-state index in [1.54, 1.807) is 6.92 Å². The zero-order valence-corrected chi connectivity index (χ0v) is 11.6. The van der Waals surface area contributed by atoms with Gasteiger partial charge in [-0.2, -0.15) is 13.2 Å². The second-order valence-electron chi connectivity index (χ2n) is 4.54. The van der Waals surface area contributed by atoms with Gasteiger partial charge in [-0.05, 0) is 20.3 Å². The number of rotatable bonds is 9. The third kappa shape index (κ3) is 10.8. The van der Waals surface area contributed by atoms with Crippen LogP contribution in [0.4, 0.5) is 13.2 Å². The summed E-state index contributed by atoms with van der Waals surface area (Å²) in [6.45, 7) is 4.47. The normalized spacial score (nSPS) is 15.1. The predicted octanol–water partition coefficient (Wildman–Crippen LogP) is 1.85. The van der Waals surface area contributed by atoms with E-state index in [9.17, 15) is 18.0 Å². The molecule has 0 aromatic rings. The van der Waals surface area contributed by atoms with Crippen molar-refractivity contribution >= 4 is 5.91 Å². The van der Waals surface area contributed by atoms with E-state index in [0.29, 0.717) is 0 Å². The highest BCUT2D eigenvalue weighted by molar-refractivity contribution is 5.81. The highest BCUT2D eigenvalue weighted by atomic mass is 19.4. The molecule has 7 heteroatoms. The molecule has 0 heterocycles. The largest absolute Gasteiger partial charge is 0.411 e. The van der Waals surface area contributed by atoms with E-state index in [2.05, 4.69) is 15.4 Å². The zero-order valence-electron chi connectivity index (χ0n) is 11.6. The van der Waals surface area contributed by atoms with Crippen LogP contribution in [0.3, 0.4) is 0 Å². The molecule has 0 saturated carbocycles. The fourth-order valence-corrected chi connectivity index (χ4v) is 1.50. The minimum absolute atomic E-state index is 0.0817.